The van der Waals surface area contributed by atoms with Gasteiger partial charge in [0.25, 0.3) is 0 Å². The van der Waals surface area contributed by atoms with Crippen molar-refractivity contribution in [2.75, 3.05) is 20.3 Å². The molecule has 1 rings (SSSR count). The van der Waals surface area contributed by atoms with Crippen molar-refractivity contribution in [3.05, 3.63) is 24.3 Å². The fourth-order valence-corrected chi connectivity index (χ4v) is 1.35. The van der Waals surface area contributed by atoms with Gasteiger partial charge in [-0.05, 0) is 25.5 Å². The highest BCUT2D eigenvalue weighted by atomic mass is 16.5. The molecule has 0 saturated heterocycles. The van der Waals surface area contributed by atoms with Gasteiger partial charge in [-0.3, -0.25) is 0 Å². The van der Waals surface area contributed by atoms with Crippen LogP contribution >= 0.6 is 0 Å². The van der Waals surface area contributed by atoms with E-state index in [4.69, 9.17) is 9.47 Å². The van der Waals surface area contributed by atoms with Crippen LogP contribution in [0.5, 0.6) is 11.5 Å². The van der Waals surface area contributed by atoms with Crippen LogP contribution in [0.4, 0.5) is 0 Å². The molecule has 1 atom stereocenters. The first-order chi connectivity index (χ1) is 7.77. The molecule has 0 bridgehead atoms. The van der Waals surface area contributed by atoms with Crippen LogP contribution in [0, 0.1) is 0 Å². The maximum Gasteiger partial charge on any atom is 0.161 e. The first-order valence-electron chi connectivity index (χ1n) is 5.77. The molecule has 1 N–H and O–H groups in total. The van der Waals surface area contributed by atoms with Crippen molar-refractivity contribution in [3.8, 4) is 11.5 Å². The fraction of sp³-hybridized carbons (Fsp3) is 0.538. The molecule has 0 aliphatic rings. The lowest BCUT2D eigenvalue weighted by atomic mass is 10.3. The lowest BCUT2D eigenvalue weighted by molar-refractivity contribution is 0.287. The van der Waals surface area contributed by atoms with E-state index in [1.54, 1.807) is 7.11 Å². The number of methoxy groups -OCH3 is 1. The maximum absolute atomic E-state index is 5.64. The van der Waals surface area contributed by atoms with Gasteiger partial charge in [-0.1, -0.05) is 19.1 Å². The molecule has 3 nitrogen and oxygen atoms in total. The second-order valence-electron chi connectivity index (χ2n) is 3.76. The Hall–Kier alpha value is -1.22. The van der Waals surface area contributed by atoms with Crippen molar-refractivity contribution < 1.29 is 9.47 Å². The zero-order valence-corrected chi connectivity index (χ0v) is 10.3. The van der Waals surface area contributed by atoms with Gasteiger partial charge in [0, 0.05) is 12.6 Å². The Morgan fingerprint density at radius 1 is 1.25 bits per heavy atom. The number of ether oxygens (including phenoxy) is 2. The smallest absolute Gasteiger partial charge is 0.161 e. The van der Waals surface area contributed by atoms with E-state index in [1.165, 1.54) is 0 Å². The van der Waals surface area contributed by atoms with Gasteiger partial charge in [-0.15, -0.1) is 0 Å². The van der Waals surface area contributed by atoms with Gasteiger partial charge in [0.2, 0.25) is 0 Å². The molecule has 0 unspecified atom stereocenters. The highest BCUT2D eigenvalue weighted by molar-refractivity contribution is 5.39. The molecule has 3 heteroatoms. The summed E-state index contributed by atoms with van der Waals surface area (Å²) in [4.78, 5) is 0. The Bertz CT molecular complexity index is 302. The number of benzene rings is 1. The van der Waals surface area contributed by atoms with Gasteiger partial charge in [0.15, 0.2) is 11.5 Å². The minimum Gasteiger partial charge on any atom is -0.493 e. The van der Waals surface area contributed by atoms with E-state index in [-0.39, 0.29) is 0 Å². The zero-order chi connectivity index (χ0) is 11.8. The summed E-state index contributed by atoms with van der Waals surface area (Å²) >= 11 is 0. The molecule has 90 valence electrons. The van der Waals surface area contributed by atoms with E-state index in [1.807, 2.05) is 24.3 Å². The van der Waals surface area contributed by atoms with Gasteiger partial charge >= 0.3 is 0 Å². The second kappa shape index (κ2) is 7.12. The molecule has 0 heterocycles. The highest BCUT2D eigenvalue weighted by Gasteiger charge is 2.02. The molecule has 0 aliphatic carbocycles. The normalized spacial score (nSPS) is 12.2. The Balaban J connectivity index is 2.31. The van der Waals surface area contributed by atoms with E-state index >= 15 is 0 Å². The average molecular weight is 223 g/mol. The molecule has 1 aromatic carbocycles. The van der Waals surface area contributed by atoms with Crippen LogP contribution in [-0.2, 0) is 0 Å². The predicted molar refractivity (Wildman–Crippen MR) is 66.2 cm³/mol. The number of hydrogen-bond acceptors (Lipinski definition) is 3. The Kier molecular flexibility index (Phi) is 5.72. The fourth-order valence-electron chi connectivity index (χ4n) is 1.35. The summed E-state index contributed by atoms with van der Waals surface area (Å²) in [5.74, 6) is 1.59. The van der Waals surface area contributed by atoms with Crippen LogP contribution in [0.25, 0.3) is 0 Å². The topological polar surface area (TPSA) is 30.5 Å². The van der Waals surface area contributed by atoms with Crippen LogP contribution in [0.1, 0.15) is 20.3 Å². The number of para-hydroxylation sites is 2. The molecular formula is C13H21NO2. The average Bonchev–Trinajstić information content (AvgIpc) is 2.34. The summed E-state index contributed by atoms with van der Waals surface area (Å²) < 4.78 is 10.8. The standard InChI is InChI=1S/C13H21NO2/c1-4-11(2)14-9-10-16-13-8-6-5-7-12(13)15-3/h5-8,11,14H,4,9-10H2,1-3H3/t11-/m1/s1. The summed E-state index contributed by atoms with van der Waals surface area (Å²) in [6, 6.07) is 8.24. The van der Waals surface area contributed by atoms with Gasteiger partial charge in [0.1, 0.15) is 6.61 Å². The summed E-state index contributed by atoms with van der Waals surface area (Å²) in [7, 11) is 1.65. The number of hydrogen-bond donors (Lipinski definition) is 1. The molecule has 0 aliphatic heterocycles. The predicted octanol–water partition coefficient (Wildman–Crippen LogP) is 2.46. The minimum atomic E-state index is 0.543. The van der Waals surface area contributed by atoms with Crippen molar-refractivity contribution in [2.24, 2.45) is 0 Å². The van der Waals surface area contributed by atoms with Crippen molar-refractivity contribution in [3.63, 3.8) is 0 Å². The largest absolute Gasteiger partial charge is 0.493 e. The molecule has 0 saturated carbocycles. The molecule has 0 amide bonds. The van der Waals surface area contributed by atoms with Crippen LogP contribution in [-0.4, -0.2) is 26.3 Å². The van der Waals surface area contributed by atoms with Crippen LogP contribution in [0.2, 0.25) is 0 Å². The molecule has 0 fully saturated rings. The molecule has 0 radical (unpaired) electrons. The third-order valence-electron chi connectivity index (χ3n) is 2.53. The monoisotopic (exact) mass is 223 g/mol. The van der Waals surface area contributed by atoms with Crippen molar-refractivity contribution in [2.45, 2.75) is 26.3 Å². The molecular weight excluding hydrogens is 202 g/mol. The van der Waals surface area contributed by atoms with Crippen molar-refractivity contribution in [1.29, 1.82) is 0 Å². The van der Waals surface area contributed by atoms with Gasteiger partial charge in [0.05, 0.1) is 7.11 Å². The first-order valence-corrected chi connectivity index (χ1v) is 5.77. The SMILES string of the molecule is CC[C@@H](C)NCCOc1ccccc1OC. The summed E-state index contributed by atoms with van der Waals surface area (Å²) in [6.45, 7) is 5.85. The zero-order valence-electron chi connectivity index (χ0n) is 10.3. The number of rotatable bonds is 7. The maximum atomic E-state index is 5.64. The van der Waals surface area contributed by atoms with Gasteiger partial charge < -0.3 is 14.8 Å². The summed E-state index contributed by atoms with van der Waals surface area (Å²) in [5.41, 5.74) is 0. The summed E-state index contributed by atoms with van der Waals surface area (Å²) in [6.07, 6.45) is 1.13. The lowest BCUT2D eigenvalue weighted by Crippen LogP contribution is -2.29. The Labute approximate surface area is 97.8 Å². The summed E-state index contributed by atoms with van der Waals surface area (Å²) in [5, 5.41) is 3.37. The Morgan fingerprint density at radius 3 is 2.56 bits per heavy atom. The molecule has 0 spiro atoms. The van der Waals surface area contributed by atoms with E-state index in [9.17, 15) is 0 Å². The quantitative estimate of drug-likeness (QED) is 0.720. The van der Waals surface area contributed by atoms with E-state index in [2.05, 4.69) is 19.2 Å². The lowest BCUT2D eigenvalue weighted by Gasteiger charge is -2.13. The molecule has 0 aromatic heterocycles. The van der Waals surface area contributed by atoms with E-state index in [0.717, 1.165) is 24.5 Å². The third kappa shape index (κ3) is 4.11. The minimum absolute atomic E-state index is 0.543. The molecule has 1 aromatic rings. The van der Waals surface area contributed by atoms with Crippen molar-refractivity contribution >= 4 is 0 Å². The van der Waals surface area contributed by atoms with Crippen LogP contribution < -0.4 is 14.8 Å². The van der Waals surface area contributed by atoms with E-state index < -0.39 is 0 Å². The van der Waals surface area contributed by atoms with Gasteiger partial charge in [-0.25, -0.2) is 0 Å². The second-order valence-corrected chi connectivity index (χ2v) is 3.76. The van der Waals surface area contributed by atoms with E-state index in [0.29, 0.717) is 12.6 Å². The highest BCUT2D eigenvalue weighted by Crippen LogP contribution is 2.25. The number of nitrogens with one attached hydrogen (secondary N) is 1. The van der Waals surface area contributed by atoms with Crippen LogP contribution in [0.15, 0.2) is 24.3 Å². The molecule has 16 heavy (non-hydrogen) atoms. The Morgan fingerprint density at radius 2 is 1.94 bits per heavy atom. The van der Waals surface area contributed by atoms with Gasteiger partial charge in [-0.2, -0.15) is 0 Å². The van der Waals surface area contributed by atoms with Crippen LogP contribution in [0.3, 0.4) is 0 Å². The third-order valence-corrected chi connectivity index (χ3v) is 2.53. The van der Waals surface area contributed by atoms with Crippen molar-refractivity contribution in [1.82, 2.24) is 5.32 Å². The first kappa shape index (κ1) is 12.8.